The van der Waals surface area contributed by atoms with Gasteiger partial charge < -0.3 is 20.3 Å². The van der Waals surface area contributed by atoms with Gasteiger partial charge in [0, 0.05) is 25.6 Å². The maximum absolute atomic E-state index is 6.02. The highest BCUT2D eigenvalue weighted by atomic mass is 16.5. The van der Waals surface area contributed by atoms with Gasteiger partial charge in [0.1, 0.15) is 0 Å². The van der Waals surface area contributed by atoms with E-state index in [2.05, 4.69) is 28.6 Å². The number of likely N-dealkylation sites (N-methyl/N-ethyl adjacent to an activating group) is 1. The van der Waals surface area contributed by atoms with Crippen molar-refractivity contribution in [1.29, 1.82) is 0 Å². The molecule has 0 saturated carbocycles. The molecule has 2 unspecified atom stereocenters. The molecule has 2 atom stereocenters. The quantitative estimate of drug-likeness (QED) is 0.744. The third-order valence-electron chi connectivity index (χ3n) is 4.20. The van der Waals surface area contributed by atoms with Crippen LogP contribution in [0.4, 0.5) is 0 Å². The van der Waals surface area contributed by atoms with Crippen molar-refractivity contribution < 1.29 is 4.74 Å². The van der Waals surface area contributed by atoms with Gasteiger partial charge in [0.05, 0.1) is 19.2 Å². The second-order valence-corrected chi connectivity index (χ2v) is 5.11. The Labute approximate surface area is 110 Å². The Bertz CT molecular complexity index is 285. The second-order valence-electron chi connectivity index (χ2n) is 5.11. The van der Waals surface area contributed by atoms with Gasteiger partial charge in [0.2, 0.25) is 0 Å². The molecule has 1 saturated heterocycles. The number of hydrogen-bond acceptors (Lipinski definition) is 5. The van der Waals surface area contributed by atoms with Gasteiger partial charge >= 0.3 is 0 Å². The standard InChI is InChI=1S/C13H26N4O/c1-3-16(4-2)6-7-17-12(9-15-13(17)14)11-5-8-18-10-11/h11-12H,3-10H2,1-2H3,(H2,14,15). The molecule has 0 aromatic carbocycles. The summed E-state index contributed by atoms with van der Waals surface area (Å²) in [6.45, 7) is 11.3. The maximum Gasteiger partial charge on any atom is 0.191 e. The molecule has 104 valence electrons. The van der Waals surface area contributed by atoms with Gasteiger partial charge in [-0.2, -0.15) is 0 Å². The average molecular weight is 254 g/mol. The molecule has 5 heteroatoms. The first kappa shape index (κ1) is 13.6. The summed E-state index contributed by atoms with van der Waals surface area (Å²) < 4.78 is 5.49. The van der Waals surface area contributed by atoms with E-state index in [1.54, 1.807) is 0 Å². The largest absolute Gasteiger partial charge is 0.381 e. The molecule has 0 aromatic heterocycles. The normalized spacial score (nSPS) is 28.2. The summed E-state index contributed by atoms with van der Waals surface area (Å²) in [4.78, 5) is 9.13. The lowest BCUT2D eigenvalue weighted by Crippen LogP contribution is -2.48. The minimum absolute atomic E-state index is 0.461. The summed E-state index contributed by atoms with van der Waals surface area (Å²) >= 11 is 0. The Morgan fingerprint density at radius 1 is 1.44 bits per heavy atom. The van der Waals surface area contributed by atoms with Gasteiger partial charge in [-0.05, 0) is 19.5 Å². The lowest BCUT2D eigenvalue weighted by molar-refractivity contribution is 0.158. The minimum atomic E-state index is 0.461. The Morgan fingerprint density at radius 3 is 2.83 bits per heavy atom. The Kier molecular flexibility index (Phi) is 4.83. The number of guanidine groups is 1. The van der Waals surface area contributed by atoms with Gasteiger partial charge in [-0.1, -0.05) is 13.8 Å². The van der Waals surface area contributed by atoms with Crippen LogP contribution in [0.3, 0.4) is 0 Å². The van der Waals surface area contributed by atoms with Crippen LogP contribution in [0.1, 0.15) is 20.3 Å². The molecule has 2 heterocycles. The van der Waals surface area contributed by atoms with Crippen LogP contribution in [0.5, 0.6) is 0 Å². The zero-order valence-corrected chi connectivity index (χ0v) is 11.6. The van der Waals surface area contributed by atoms with E-state index in [9.17, 15) is 0 Å². The van der Waals surface area contributed by atoms with Crippen molar-refractivity contribution in [2.24, 2.45) is 16.6 Å². The number of rotatable bonds is 6. The highest BCUT2D eigenvalue weighted by molar-refractivity contribution is 5.80. The van der Waals surface area contributed by atoms with Crippen LogP contribution in [0.15, 0.2) is 4.99 Å². The van der Waals surface area contributed by atoms with Crippen LogP contribution in [-0.4, -0.2) is 67.7 Å². The summed E-state index contributed by atoms with van der Waals surface area (Å²) in [6, 6.07) is 0.461. The fourth-order valence-corrected chi connectivity index (χ4v) is 2.88. The monoisotopic (exact) mass is 254 g/mol. The highest BCUT2D eigenvalue weighted by Crippen LogP contribution is 2.24. The number of nitrogens with zero attached hydrogens (tertiary/aromatic N) is 3. The van der Waals surface area contributed by atoms with Crippen molar-refractivity contribution in [2.75, 3.05) is 45.9 Å². The molecule has 0 spiro atoms. The van der Waals surface area contributed by atoms with Crippen molar-refractivity contribution in [2.45, 2.75) is 26.3 Å². The van der Waals surface area contributed by atoms with Crippen LogP contribution in [0.2, 0.25) is 0 Å². The Morgan fingerprint density at radius 2 is 2.22 bits per heavy atom. The smallest absolute Gasteiger partial charge is 0.191 e. The van der Waals surface area contributed by atoms with Crippen molar-refractivity contribution in [1.82, 2.24) is 9.80 Å². The first-order valence-electron chi connectivity index (χ1n) is 7.12. The van der Waals surface area contributed by atoms with E-state index in [0.717, 1.165) is 58.3 Å². The lowest BCUT2D eigenvalue weighted by Gasteiger charge is -2.31. The average Bonchev–Trinajstić information content (AvgIpc) is 3.00. The summed E-state index contributed by atoms with van der Waals surface area (Å²) in [7, 11) is 0. The van der Waals surface area contributed by atoms with Gasteiger partial charge in [0.15, 0.2) is 5.96 Å². The molecule has 2 N–H and O–H groups in total. The molecule has 2 aliphatic heterocycles. The molecule has 2 rings (SSSR count). The van der Waals surface area contributed by atoms with E-state index in [0.29, 0.717) is 12.0 Å². The molecular weight excluding hydrogens is 228 g/mol. The lowest BCUT2D eigenvalue weighted by atomic mass is 9.98. The van der Waals surface area contributed by atoms with E-state index in [1.807, 2.05) is 0 Å². The van der Waals surface area contributed by atoms with Gasteiger partial charge in [0.25, 0.3) is 0 Å². The van der Waals surface area contributed by atoms with Crippen LogP contribution in [0, 0.1) is 5.92 Å². The SMILES string of the molecule is CCN(CC)CCN1C(N)=NCC1C1CCOC1. The molecule has 18 heavy (non-hydrogen) atoms. The summed E-state index contributed by atoms with van der Waals surface area (Å²) in [5.41, 5.74) is 6.02. The zero-order valence-electron chi connectivity index (χ0n) is 11.6. The maximum atomic E-state index is 6.02. The molecule has 5 nitrogen and oxygen atoms in total. The third-order valence-corrected chi connectivity index (χ3v) is 4.20. The molecule has 0 aliphatic carbocycles. The molecule has 0 aromatic rings. The van der Waals surface area contributed by atoms with Crippen molar-refractivity contribution in [3.8, 4) is 0 Å². The summed E-state index contributed by atoms with van der Waals surface area (Å²) in [6.07, 6.45) is 1.15. The van der Waals surface area contributed by atoms with Crippen molar-refractivity contribution >= 4 is 5.96 Å². The van der Waals surface area contributed by atoms with E-state index in [-0.39, 0.29) is 0 Å². The summed E-state index contributed by atoms with van der Waals surface area (Å²) in [5, 5.41) is 0. The molecule has 0 bridgehead atoms. The van der Waals surface area contributed by atoms with E-state index >= 15 is 0 Å². The molecule has 0 radical (unpaired) electrons. The number of hydrogen-bond donors (Lipinski definition) is 1. The Hall–Kier alpha value is -0.810. The summed E-state index contributed by atoms with van der Waals surface area (Å²) in [5.74, 6) is 1.32. The van der Waals surface area contributed by atoms with Gasteiger partial charge in [-0.15, -0.1) is 0 Å². The number of nitrogens with two attached hydrogens (primary N) is 1. The number of aliphatic imine (C=N–C) groups is 1. The second kappa shape index (κ2) is 6.38. The van der Waals surface area contributed by atoms with Crippen LogP contribution >= 0.6 is 0 Å². The van der Waals surface area contributed by atoms with E-state index in [4.69, 9.17) is 10.5 Å². The topological polar surface area (TPSA) is 54.1 Å². The van der Waals surface area contributed by atoms with Gasteiger partial charge in [-0.3, -0.25) is 4.99 Å². The fraction of sp³-hybridized carbons (Fsp3) is 0.923. The molecular formula is C13H26N4O. The fourth-order valence-electron chi connectivity index (χ4n) is 2.88. The first-order valence-corrected chi connectivity index (χ1v) is 7.12. The number of ether oxygens (including phenoxy) is 1. The van der Waals surface area contributed by atoms with Crippen LogP contribution < -0.4 is 5.73 Å². The Balaban J connectivity index is 1.88. The van der Waals surface area contributed by atoms with Crippen LogP contribution in [0.25, 0.3) is 0 Å². The predicted molar refractivity (Wildman–Crippen MR) is 73.7 cm³/mol. The highest BCUT2D eigenvalue weighted by Gasteiger charge is 2.34. The first-order chi connectivity index (χ1) is 8.76. The van der Waals surface area contributed by atoms with Gasteiger partial charge in [-0.25, -0.2) is 0 Å². The molecule has 2 aliphatic rings. The van der Waals surface area contributed by atoms with Crippen molar-refractivity contribution in [3.05, 3.63) is 0 Å². The van der Waals surface area contributed by atoms with Crippen molar-refractivity contribution in [3.63, 3.8) is 0 Å². The van der Waals surface area contributed by atoms with E-state index < -0.39 is 0 Å². The predicted octanol–water partition coefficient (Wildman–Crippen LogP) is 0.364. The third kappa shape index (κ3) is 2.95. The zero-order chi connectivity index (χ0) is 13.0. The minimum Gasteiger partial charge on any atom is -0.381 e. The van der Waals surface area contributed by atoms with E-state index in [1.165, 1.54) is 0 Å². The molecule has 1 fully saturated rings. The van der Waals surface area contributed by atoms with Crippen LogP contribution in [-0.2, 0) is 4.74 Å². The molecule has 0 amide bonds.